The molecule has 15 heavy (non-hydrogen) atoms. The van der Waals surface area contributed by atoms with Crippen molar-refractivity contribution in [2.45, 2.75) is 38.5 Å². The van der Waals surface area contributed by atoms with Crippen LogP contribution in [-0.4, -0.2) is 13.1 Å². The molecule has 0 saturated heterocycles. The highest BCUT2D eigenvalue weighted by Gasteiger charge is 2.26. The Bertz CT molecular complexity index is 268. The van der Waals surface area contributed by atoms with Gasteiger partial charge in [-0.25, -0.2) is 0 Å². The van der Waals surface area contributed by atoms with Crippen molar-refractivity contribution in [3.8, 4) is 0 Å². The third-order valence-corrected chi connectivity index (χ3v) is 3.54. The molecular formula is C13H21NO. The maximum absolute atomic E-state index is 5.20. The van der Waals surface area contributed by atoms with Crippen LogP contribution < -0.4 is 5.32 Å². The number of rotatable bonds is 4. The van der Waals surface area contributed by atoms with E-state index < -0.39 is 0 Å². The van der Waals surface area contributed by atoms with E-state index in [9.17, 15) is 0 Å². The Kier molecular flexibility index (Phi) is 3.84. The van der Waals surface area contributed by atoms with E-state index in [1.807, 2.05) is 6.26 Å². The van der Waals surface area contributed by atoms with Crippen LogP contribution in [0.5, 0.6) is 0 Å². The van der Waals surface area contributed by atoms with Gasteiger partial charge in [0.2, 0.25) is 0 Å². The Morgan fingerprint density at radius 2 is 2.27 bits per heavy atom. The van der Waals surface area contributed by atoms with Crippen LogP contribution in [0.2, 0.25) is 0 Å². The van der Waals surface area contributed by atoms with E-state index in [0.29, 0.717) is 0 Å². The van der Waals surface area contributed by atoms with Crippen molar-refractivity contribution in [2.75, 3.05) is 13.1 Å². The highest BCUT2D eigenvalue weighted by molar-refractivity contribution is 5.14. The second kappa shape index (κ2) is 5.36. The molecule has 2 heteroatoms. The largest absolute Gasteiger partial charge is 0.472 e. The van der Waals surface area contributed by atoms with E-state index in [1.54, 1.807) is 6.26 Å². The van der Waals surface area contributed by atoms with Gasteiger partial charge in [0.1, 0.15) is 0 Å². The van der Waals surface area contributed by atoms with Gasteiger partial charge >= 0.3 is 0 Å². The van der Waals surface area contributed by atoms with Gasteiger partial charge in [0.25, 0.3) is 0 Å². The Balaban J connectivity index is 1.99. The highest BCUT2D eigenvalue weighted by Crippen LogP contribution is 2.37. The van der Waals surface area contributed by atoms with Crippen molar-refractivity contribution in [3.63, 3.8) is 0 Å². The molecule has 0 bridgehead atoms. The van der Waals surface area contributed by atoms with E-state index in [2.05, 4.69) is 18.3 Å². The zero-order valence-corrected chi connectivity index (χ0v) is 9.54. The van der Waals surface area contributed by atoms with E-state index in [0.717, 1.165) is 24.9 Å². The third-order valence-electron chi connectivity index (χ3n) is 3.54. The minimum absolute atomic E-state index is 0.719. The fourth-order valence-corrected chi connectivity index (χ4v) is 2.71. The molecule has 1 saturated carbocycles. The van der Waals surface area contributed by atoms with Crippen LogP contribution in [-0.2, 0) is 0 Å². The summed E-state index contributed by atoms with van der Waals surface area (Å²) < 4.78 is 5.20. The fourth-order valence-electron chi connectivity index (χ4n) is 2.71. The predicted molar refractivity (Wildman–Crippen MR) is 62.0 cm³/mol. The van der Waals surface area contributed by atoms with E-state index in [4.69, 9.17) is 4.42 Å². The molecule has 1 fully saturated rings. The minimum Gasteiger partial charge on any atom is -0.472 e. The Morgan fingerprint density at radius 1 is 1.40 bits per heavy atom. The Hall–Kier alpha value is -0.760. The molecule has 1 aromatic heterocycles. The molecule has 0 amide bonds. The molecule has 2 rings (SSSR count). The zero-order valence-electron chi connectivity index (χ0n) is 9.54. The average molecular weight is 207 g/mol. The lowest BCUT2D eigenvalue weighted by molar-refractivity contribution is 0.296. The van der Waals surface area contributed by atoms with Crippen molar-refractivity contribution in [1.29, 1.82) is 0 Å². The summed E-state index contributed by atoms with van der Waals surface area (Å²) >= 11 is 0. The molecule has 1 heterocycles. The van der Waals surface area contributed by atoms with Gasteiger partial charge in [-0.3, -0.25) is 0 Å². The molecule has 2 nitrogen and oxygen atoms in total. The molecule has 0 aromatic carbocycles. The summed E-state index contributed by atoms with van der Waals surface area (Å²) in [5.74, 6) is 1.52. The van der Waals surface area contributed by atoms with Crippen molar-refractivity contribution in [1.82, 2.24) is 5.32 Å². The summed E-state index contributed by atoms with van der Waals surface area (Å²) in [6.07, 6.45) is 9.19. The zero-order chi connectivity index (χ0) is 10.5. The standard InChI is InChI=1S/C13H21NO/c1-2-14-9-11-5-3-4-6-13(11)12-7-8-15-10-12/h7-8,10-11,13-14H,2-6,9H2,1H3. The van der Waals surface area contributed by atoms with Crippen molar-refractivity contribution in [2.24, 2.45) is 5.92 Å². The fraction of sp³-hybridized carbons (Fsp3) is 0.692. The van der Waals surface area contributed by atoms with Gasteiger partial charge in [0.05, 0.1) is 12.5 Å². The average Bonchev–Trinajstić information content (AvgIpc) is 2.80. The van der Waals surface area contributed by atoms with Gasteiger partial charge in [-0.2, -0.15) is 0 Å². The Labute approximate surface area is 92.1 Å². The maximum atomic E-state index is 5.20. The van der Waals surface area contributed by atoms with Gasteiger partial charge in [-0.1, -0.05) is 19.8 Å². The third kappa shape index (κ3) is 2.63. The second-order valence-corrected chi connectivity index (χ2v) is 4.52. The van der Waals surface area contributed by atoms with Gasteiger partial charge < -0.3 is 9.73 Å². The van der Waals surface area contributed by atoms with Crippen molar-refractivity contribution in [3.05, 3.63) is 24.2 Å². The Morgan fingerprint density at radius 3 is 3.00 bits per heavy atom. The monoisotopic (exact) mass is 207 g/mol. The molecule has 1 N–H and O–H groups in total. The summed E-state index contributed by atoms with van der Waals surface area (Å²) in [5.41, 5.74) is 1.40. The molecule has 1 aromatic rings. The molecule has 2 unspecified atom stereocenters. The van der Waals surface area contributed by atoms with Crippen LogP contribution in [0.3, 0.4) is 0 Å². The van der Waals surface area contributed by atoms with Gasteiger partial charge in [0.15, 0.2) is 0 Å². The first-order valence-electron chi connectivity index (χ1n) is 6.14. The summed E-state index contributed by atoms with van der Waals surface area (Å²) in [7, 11) is 0. The predicted octanol–water partition coefficient (Wildman–Crippen LogP) is 3.16. The first-order valence-corrected chi connectivity index (χ1v) is 6.14. The van der Waals surface area contributed by atoms with Crippen LogP contribution in [0.1, 0.15) is 44.1 Å². The molecule has 0 spiro atoms. The van der Waals surface area contributed by atoms with Crippen LogP contribution in [0.15, 0.2) is 23.0 Å². The summed E-state index contributed by atoms with van der Waals surface area (Å²) in [5, 5.41) is 3.48. The molecule has 0 aliphatic heterocycles. The van der Waals surface area contributed by atoms with Crippen molar-refractivity contribution < 1.29 is 4.42 Å². The summed E-state index contributed by atoms with van der Waals surface area (Å²) in [6.45, 7) is 4.41. The minimum atomic E-state index is 0.719. The van der Waals surface area contributed by atoms with E-state index >= 15 is 0 Å². The van der Waals surface area contributed by atoms with Crippen LogP contribution >= 0.6 is 0 Å². The first kappa shape index (κ1) is 10.7. The molecule has 1 aliphatic carbocycles. The quantitative estimate of drug-likeness (QED) is 0.820. The lowest BCUT2D eigenvalue weighted by Crippen LogP contribution is -2.29. The van der Waals surface area contributed by atoms with Gasteiger partial charge in [0, 0.05) is 0 Å². The lowest BCUT2D eigenvalue weighted by Gasteiger charge is -2.31. The van der Waals surface area contributed by atoms with Gasteiger partial charge in [-0.05, 0) is 49.4 Å². The number of nitrogens with one attached hydrogen (secondary N) is 1. The number of hydrogen-bond donors (Lipinski definition) is 1. The van der Waals surface area contributed by atoms with Crippen molar-refractivity contribution >= 4 is 0 Å². The van der Waals surface area contributed by atoms with Crippen LogP contribution in [0.25, 0.3) is 0 Å². The molecule has 0 radical (unpaired) electrons. The smallest absolute Gasteiger partial charge is 0.0937 e. The second-order valence-electron chi connectivity index (χ2n) is 4.52. The van der Waals surface area contributed by atoms with E-state index in [-0.39, 0.29) is 0 Å². The lowest BCUT2D eigenvalue weighted by atomic mass is 9.76. The molecule has 1 aliphatic rings. The highest BCUT2D eigenvalue weighted by atomic mass is 16.3. The number of hydrogen-bond acceptors (Lipinski definition) is 2. The van der Waals surface area contributed by atoms with Gasteiger partial charge in [-0.15, -0.1) is 0 Å². The van der Waals surface area contributed by atoms with Crippen LogP contribution in [0, 0.1) is 5.92 Å². The first-order chi connectivity index (χ1) is 7.42. The van der Waals surface area contributed by atoms with Crippen LogP contribution in [0.4, 0.5) is 0 Å². The molecular weight excluding hydrogens is 186 g/mol. The maximum Gasteiger partial charge on any atom is 0.0937 e. The molecule has 84 valence electrons. The summed E-state index contributed by atoms with van der Waals surface area (Å²) in [4.78, 5) is 0. The van der Waals surface area contributed by atoms with E-state index in [1.165, 1.54) is 31.2 Å². The SMILES string of the molecule is CCNCC1CCCCC1c1ccoc1. The topological polar surface area (TPSA) is 25.2 Å². The number of furan rings is 1. The molecule has 2 atom stereocenters. The summed E-state index contributed by atoms with van der Waals surface area (Å²) in [6, 6.07) is 2.13. The normalized spacial score (nSPS) is 26.7.